The van der Waals surface area contributed by atoms with Gasteiger partial charge in [0.15, 0.2) is 0 Å². The van der Waals surface area contributed by atoms with Gasteiger partial charge in [0.1, 0.15) is 0 Å². The third kappa shape index (κ3) is 3.87. The van der Waals surface area contributed by atoms with E-state index >= 15 is 0 Å². The van der Waals surface area contributed by atoms with Crippen molar-refractivity contribution in [3.63, 3.8) is 0 Å². The number of nitrogens with one attached hydrogen (secondary N) is 1. The maximum absolute atomic E-state index is 3.55. The highest BCUT2D eigenvalue weighted by Crippen LogP contribution is 2.29. The van der Waals surface area contributed by atoms with E-state index in [0.717, 1.165) is 19.0 Å². The number of aryl methyl sites for hydroxylation is 1. The Kier molecular flexibility index (Phi) is 6.25. The summed E-state index contributed by atoms with van der Waals surface area (Å²) in [5.41, 5.74) is 2.84. The molecular formula is C19H32N2. The minimum absolute atomic E-state index is 0.413. The average Bonchev–Trinajstić information content (AvgIpc) is 3.03. The lowest BCUT2D eigenvalue weighted by molar-refractivity contribution is 0.125. The molecule has 1 saturated carbocycles. The van der Waals surface area contributed by atoms with Crippen molar-refractivity contribution in [2.45, 2.75) is 71.0 Å². The van der Waals surface area contributed by atoms with Crippen LogP contribution in [0.3, 0.4) is 0 Å². The highest BCUT2D eigenvalue weighted by atomic mass is 15.2. The number of likely N-dealkylation sites (N-methyl/N-ethyl adjacent to an activating group) is 2. The van der Waals surface area contributed by atoms with Gasteiger partial charge in [-0.25, -0.2) is 0 Å². The molecule has 2 unspecified atom stereocenters. The van der Waals surface area contributed by atoms with Gasteiger partial charge in [0, 0.05) is 18.1 Å². The first-order valence-electron chi connectivity index (χ1n) is 8.73. The molecule has 1 aliphatic rings. The molecule has 118 valence electrons. The summed E-state index contributed by atoms with van der Waals surface area (Å²) in [7, 11) is 2.09. The molecule has 21 heavy (non-hydrogen) atoms. The molecular weight excluding hydrogens is 256 g/mol. The molecule has 1 fully saturated rings. The van der Waals surface area contributed by atoms with E-state index in [1.807, 2.05) is 0 Å². The highest BCUT2D eigenvalue weighted by molar-refractivity contribution is 5.26. The molecule has 0 amide bonds. The summed E-state index contributed by atoms with van der Waals surface area (Å²) >= 11 is 0. The quantitative estimate of drug-likeness (QED) is 0.810. The Balaban J connectivity index is 2.13. The molecule has 1 aromatic rings. The van der Waals surface area contributed by atoms with Crippen molar-refractivity contribution < 1.29 is 0 Å². The van der Waals surface area contributed by atoms with Gasteiger partial charge in [-0.2, -0.15) is 0 Å². The molecule has 0 spiro atoms. The fourth-order valence-electron chi connectivity index (χ4n) is 3.95. The summed E-state index contributed by atoms with van der Waals surface area (Å²) in [5, 5.41) is 3.55. The maximum atomic E-state index is 3.55. The van der Waals surface area contributed by atoms with Crippen molar-refractivity contribution in [1.29, 1.82) is 0 Å². The van der Waals surface area contributed by atoms with Gasteiger partial charge in [0.05, 0.1) is 0 Å². The fourth-order valence-corrected chi connectivity index (χ4v) is 3.95. The zero-order chi connectivity index (χ0) is 15.2. The smallest absolute Gasteiger partial charge is 0.0473 e. The molecule has 2 nitrogen and oxygen atoms in total. The number of rotatable bonds is 7. The summed E-state index contributed by atoms with van der Waals surface area (Å²) in [6, 6.07) is 10.9. The molecule has 1 aliphatic carbocycles. The van der Waals surface area contributed by atoms with Crippen LogP contribution in [-0.4, -0.2) is 30.6 Å². The predicted molar refractivity (Wildman–Crippen MR) is 91.7 cm³/mol. The molecule has 2 rings (SSSR count). The van der Waals surface area contributed by atoms with Crippen LogP contribution in [0.4, 0.5) is 0 Å². The first kappa shape index (κ1) is 16.5. The third-order valence-electron chi connectivity index (χ3n) is 5.22. The summed E-state index contributed by atoms with van der Waals surface area (Å²) in [6.45, 7) is 8.06. The van der Waals surface area contributed by atoms with Crippen LogP contribution in [-0.2, 0) is 6.42 Å². The van der Waals surface area contributed by atoms with E-state index in [9.17, 15) is 0 Å². The van der Waals surface area contributed by atoms with Crippen LogP contribution in [0.25, 0.3) is 0 Å². The van der Waals surface area contributed by atoms with Crippen LogP contribution in [0.1, 0.15) is 63.6 Å². The summed E-state index contributed by atoms with van der Waals surface area (Å²) < 4.78 is 0. The van der Waals surface area contributed by atoms with E-state index in [0.29, 0.717) is 12.1 Å². The Bertz CT molecular complexity index is 406. The lowest BCUT2D eigenvalue weighted by Crippen LogP contribution is -2.46. The number of nitrogens with zero attached hydrogens (tertiary/aromatic N) is 1. The Morgan fingerprint density at radius 2 is 1.76 bits per heavy atom. The van der Waals surface area contributed by atoms with Crippen molar-refractivity contribution in [2.24, 2.45) is 0 Å². The Hall–Kier alpha value is -0.860. The standard InChI is InChI=1S/C19H32N2/c1-5-16-11-13-17(14-12-16)19(20-4)15(3)21(6-2)18-9-7-8-10-18/h11-15,18-20H,5-10H2,1-4H3. The molecule has 0 aliphatic heterocycles. The zero-order valence-electron chi connectivity index (χ0n) is 14.2. The first-order valence-corrected chi connectivity index (χ1v) is 8.73. The van der Waals surface area contributed by atoms with E-state index in [4.69, 9.17) is 0 Å². The predicted octanol–water partition coefficient (Wildman–Crippen LogP) is 4.16. The van der Waals surface area contributed by atoms with Gasteiger partial charge in [0.2, 0.25) is 0 Å². The third-order valence-corrected chi connectivity index (χ3v) is 5.22. The van der Waals surface area contributed by atoms with Gasteiger partial charge >= 0.3 is 0 Å². The van der Waals surface area contributed by atoms with Gasteiger partial charge in [-0.3, -0.25) is 4.90 Å². The van der Waals surface area contributed by atoms with E-state index < -0.39 is 0 Å². The van der Waals surface area contributed by atoms with Crippen LogP contribution in [0, 0.1) is 0 Å². The van der Waals surface area contributed by atoms with Crippen molar-refractivity contribution >= 4 is 0 Å². The highest BCUT2D eigenvalue weighted by Gasteiger charge is 2.29. The Morgan fingerprint density at radius 3 is 2.24 bits per heavy atom. The molecule has 1 aromatic carbocycles. The number of hydrogen-bond acceptors (Lipinski definition) is 2. The monoisotopic (exact) mass is 288 g/mol. The lowest BCUT2D eigenvalue weighted by atomic mass is 9.96. The van der Waals surface area contributed by atoms with E-state index in [1.165, 1.54) is 36.8 Å². The van der Waals surface area contributed by atoms with Crippen molar-refractivity contribution in [1.82, 2.24) is 10.2 Å². The molecule has 2 heteroatoms. The molecule has 0 bridgehead atoms. The normalized spacial score (nSPS) is 19.1. The van der Waals surface area contributed by atoms with Crippen molar-refractivity contribution in [3.8, 4) is 0 Å². The SMILES string of the molecule is CCc1ccc(C(NC)C(C)N(CC)C2CCCC2)cc1. The van der Waals surface area contributed by atoms with Crippen molar-refractivity contribution in [3.05, 3.63) is 35.4 Å². The number of benzene rings is 1. The fraction of sp³-hybridized carbons (Fsp3) is 0.684. The molecule has 0 radical (unpaired) electrons. The van der Waals surface area contributed by atoms with E-state index in [2.05, 4.69) is 62.3 Å². The lowest BCUT2D eigenvalue weighted by Gasteiger charge is -2.38. The maximum Gasteiger partial charge on any atom is 0.0473 e. The summed E-state index contributed by atoms with van der Waals surface area (Å²) in [6.07, 6.45) is 6.68. The average molecular weight is 288 g/mol. The molecule has 2 atom stereocenters. The van der Waals surface area contributed by atoms with Crippen molar-refractivity contribution in [2.75, 3.05) is 13.6 Å². The molecule has 0 heterocycles. The van der Waals surface area contributed by atoms with Gasteiger partial charge in [-0.15, -0.1) is 0 Å². The second-order valence-electron chi connectivity index (χ2n) is 6.37. The Labute approximate surface area is 130 Å². The Morgan fingerprint density at radius 1 is 1.14 bits per heavy atom. The van der Waals surface area contributed by atoms with Gasteiger partial charge in [-0.1, -0.05) is 51.0 Å². The van der Waals surface area contributed by atoms with Crippen LogP contribution in [0.15, 0.2) is 24.3 Å². The molecule has 0 saturated heterocycles. The van der Waals surface area contributed by atoms with Crippen LogP contribution in [0.5, 0.6) is 0 Å². The van der Waals surface area contributed by atoms with Crippen LogP contribution >= 0.6 is 0 Å². The second-order valence-corrected chi connectivity index (χ2v) is 6.37. The zero-order valence-corrected chi connectivity index (χ0v) is 14.2. The summed E-state index contributed by atoms with van der Waals surface area (Å²) in [5.74, 6) is 0. The molecule has 1 N–H and O–H groups in total. The first-order chi connectivity index (χ1) is 10.2. The van der Waals surface area contributed by atoms with E-state index in [1.54, 1.807) is 0 Å². The van der Waals surface area contributed by atoms with E-state index in [-0.39, 0.29) is 0 Å². The van der Waals surface area contributed by atoms with Gasteiger partial charge in [-0.05, 0) is 50.9 Å². The van der Waals surface area contributed by atoms with Gasteiger partial charge in [0.25, 0.3) is 0 Å². The van der Waals surface area contributed by atoms with Crippen LogP contribution < -0.4 is 5.32 Å². The van der Waals surface area contributed by atoms with Gasteiger partial charge < -0.3 is 5.32 Å². The minimum Gasteiger partial charge on any atom is -0.312 e. The molecule has 0 aromatic heterocycles. The number of hydrogen-bond donors (Lipinski definition) is 1. The van der Waals surface area contributed by atoms with Crippen LogP contribution in [0.2, 0.25) is 0 Å². The summed E-state index contributed by atoms with van der Waals surface area (Å²) in [4.78, 5) is 2.71. The second kappa shape index (κ2) is 7.95. The minimum atomic E-state index is 0.413. The largest absolute Gasteiger partial charge is 0.312 e. The topological polar surface area (TPSA) is 15.3 Å².